The number of benzene rings is 2. The van der Waals surface area contributed by atoms with Crippen LogP contribution in [-0.2, 0) is 11.2 Å². The molecule has 2 aromatic carbocycles. The Bertz CT molecular complexity index is 906. The van der Waals surface area contributed by atoms with Gasteiger partial charge in [-0.25, -0.2) is 4.39 Å². The first-order valence-electron chi connectivity index (χ1n) is 9.39. The maximum atomic E-state index is 13.1. The van der Waals surface area contributed by atoms with Crippen LogP contribution in [-0.4, -0.2) is 24.2 Å². The van der Waals surface area contributed by atoms with Gasteiger partial charge in [0, 0.05) is 36.3 Å². The van der Waals surface area contributed by atoms with Gasteiger partial charge >= 0.3 is 0 Å². The number of nitrogens with one attached hydrogen (secondary N) is 2. The fraction of sp³-hybridized carbons (Fsp3) is 0.273. The number of aryl methyl sites for hydroxylation is 2. The summed E-state index contributed by atoms with van der Waals surface area (Å²) in [5, 5.41) is 10.1. The van der Waals surface area contributed by atoms with E-state index >= 15 is 0 Å². The molecule has 0 unspecified atom stereocenters. The maximum absolute atomic E-state index is 13.1. The number of nitrogens with zero attached hydrogens (tertiary/aromatic N) is 1. The quantitative estimate of drug-likeness (QED) is 0.541. The molecule has 0 aliphatic heterocycles. The summed E-state index contributed by atoms with van der Waals surface area (Å²) < 4.78 is 18.3. The fourth-order valence-electron chi connectivity index (χ4n) is 2.92. The summed E-state index contributed by atoms with van der Waals surface area (Å²) in [6.45, 7) is 3.48. The molecule has 0 spiro atoms. The predicted molar refractivity (Wildman–Crippen MR) is 108 cm³/mol. The van der Waals surface area contributed by atoms with E-state index in [1.165, 1.54) is 17.7 Å². The van der Waals surface area contributed by atoms with Crippen LogP contribution >= 0.6 is 0 Å². The van der Waals surface area contributed by atoms with Gasteiger partial charge in [0.25, 0.3) is 0 Å². The van der Waals surface area contributed by atoms with E-state index in [0.29, 0.717) is 25.1 Å². The minimum absolute atomic E-state index is 0.0119. The molecule has 0 fully saturated rings. The van der Waals surface area contributed by atoms with Crippen molar-refractivity contribution < 1.29 is 13.7 Å². The Morgan fingerprint density at radius 3 is 2.68 bits per heavy atom. The monoisotopic (exact) mass is 381 g/mol. The van der Waals surface area contributed by atoms with Gasteiger partial charge in [0.1, 0.15) is 5.82 Å². The minimum atomic E-state index is -0.305. The largest absolute Gasteiger partial charge is 0.385 e. The number of amides is 1. The van der Waals surface area contributed by atoms with Crippen molar-refractivity contribution in [3.05, 3.63) is 71.7 Å². The van der Waals surface area contributed by atoms with Crippen LogP contribution < -0.4 is 10.6 Å². The van der Waals surface area contributed by atoms with Gasteiger partial charge in [-0.3, -0.25) is 4.79 Å². The van der Waals surface area contributed by atoms with Crippen LogP contribution in [0.3, 0.4) is 0 Å². The van der Waals surface area contributed by atoms with Crippen molar-refractivity contribution in [2.45, 2.75) is 26.2 Å². The molecule has 3 aromatic rings. The zero-order valence-electron chi connectivity index (χ0n) is 15.9. The molecule has 1 aromatic heterocycles. The van der Waals surface area contributed by atoms with Crippen LogP contribution in [0.5, 0.6) is 0 Å². The topological polar surface area (TPSA) is 67.2 Å². The van der Waals surface area contributed by atoms with Crippen molar-refractivity contribution >= 4 is 11.6 Å². The van der Waals surface area contributed by atoms with Crippen molar-refractivity contribution in [2.24, 2.45) is 0 Å². The number of halogens is 1. The Morgan fingerprint density at radius 2 is 1.89 bits per heavy atom. The number of hydrogen-bond donors (Lipinski definition) is 2. The van der Waals surface area contributed by atoms with E-state index in [0.717, 1.165) is 29.8 Å². The summed E-state index contributed by atoms with van der Waals surface area (Å²) in [7, 11) is 0. The van der Waals surface area contributed by atoms with Crippen molar-refractivity contribution in [3.8, 4) is 11.3 Å². The van der Waals surface area contributed by atoms with Crippen LogP contribution in [0.1, 0.15) is 24.0 Å². The third-order valence-corrected chi connectivity index (χ3v) is 4.51. The summed E-state index contributed by atoms with van der Waals surface area (Å²) in [4.78, 5) is 12.1. The van der Waals surface area contributed by atoms with Crippen LogP contribution in [0, 0.1) is 12.7 Å². The number of hydrogen-bond acceptors (Lipinski definition) is 4. The molecular formula is C22H24FN3O2. The molecular weight excluding hydrogens is 357 g/mol. The van der Waals surface area contributed by atoms with Gasteiger partial charge in [-0.1, -0.05) is 23.4 Å². The van der Waals surface area contributed by atoms with Gasteiger partial charge in [0.15, 0.2) is 5.76 Å². The zero-order chi connectivity index (χ0) is 19.8. The van der Waals surface area contributed by atoms with E-state index in [4.69, 9.17) is 4.52 Å². The maximum Gasteiger partial charge on any atom is 0.220 e. The highest BCUT2D eigenvalue weighted by atomic mass is 19.1. The molecule has 1 heterocycles. The number of para-hydroxylation sites is 1. The van der Waals surface area contributed by atoms with Gasteiger partial charge in [0.05, 0.1) is 6.20 Å². The number of carbonyl (C=O) groups excluding carboxylic acids is 1. The average Bonchev–Trinajstić information content (AvgIpc) is 3.16. The standard InChI is InChI=1S/C22H24FN3O2/c1-16-5-2-3-6-20(16)24-13-4-14-25-21(27)12-9-18-15-26-28-22(18)17-7-10-19(23)11-8-17/h2-3,5-8,10-11,15,24H,4,9,12-14H2,1H3,(H,25,27). The van der Waals surface area contributed by atoms with Crippen molar-refractivity contribution in [1.82, 2.24) is 10.5 Å². The van der Waals surface area contributed by atoms with Gasteiger partial charge in [-0.15, -0.1) is 0 Å². The van der Waals surface area contributed by atoms with Crippen molar-refractivity contribution in [3.63, 3.8) is 0 Å². The van der Waals surface area contributed by atoms with E-state index in [-0.39, 0.29) is 11.7 Å². The molecule has 0 saturated carbocycles. The lowest BCUT2D eigenvalue weighted by atomic mass is 10.1. The van der Waals surface area contributed by atoms with Crippen LogP contribution in [0.2, 0.25) is 0 Å². The summed E-state index contributed by atoms with van der Waals surface area (Å²) in [6.07, 6.45) is 3.32. The summed E-state index contributed by atoms with van der Waals surface area (Å²) >= 11 is 0. The molecule has 28 heavy (non-hydrogen) atoms. The van der Waals surface area contributed by atoms with Gasteiger partial charge in [0.2, 0.25) is 5.91 Å². The molecule has 3 rings (SSSR count). The summed E-state index contributed by atoms with van der Waals surface area (Å²) in [6, 6.07) is 14.2. The summed E-state index contributed by atoms with van der Waals surface area (Å²) in [5.74, 6) is 0.262. The molecule has 1 amide bonds. The molecule has 0 bridgehead atoms. The molecule has 0 aliphatic carbocycles. The second-order valence-corrected chi connectivity index (χ2v) is 6.63. The predicted octanol–water partition coefficient (Wildman–Crippen LogP) is 4.34. The first-order chi connectivity index (χ1) is 13.6. The van der Waals surface area contributed by atoms with Gasteiger partial charge in [-0.05, 0) is 55.7 Å². The number of aromatic nitrogens is 1. The lowest BCUT2D eigenvalue weighted by molar-refractivity contribution is -0.121. The third-order valence-electron chi connectivity index (χ3n) is 4.51. The van der Waals surface area contributed by atoms with Gasteiger partial charge < -0.3 is 15.2 Å². The second kappa shape index (κ2) is 9.69. The average molecular weight is 381 g/mol. The smallest absolute Gasteiger partial charge is 0.220 e. The van der Waals surface area contributed by atoms with E-state index in [2.05, 4.69) is 28.8 Å². The number of carbonyl (C=O) groups is 1. The fourth-order valence-corrected chi connectivity index (χ4v) is 2.92. The zero-order valence-corrected chi connectivity index (χ0v) is 15.9. The Hall–Kier alpha value is -3.15. The van der Waals surface area contributed by atoms with Crippen molar-refractivity contribution in [1.29, 1.82) is 0 Å². The van der Waals surface area contributed by atoms with E-state index in [1.807, 2.05) is 18.2 Å². The molecule has 6 heteroatoms. The Kier molecular flexibility index (Phi) is 6.78. The molecule has 0 saturated heterocycles. The van der Waals surface area contributed by atoms with Crippen LogP contribution in [0.25, 0.3) is 11.3 Å². The molecule has 0 radical (unpaired) electrons. The molecule has 5 nitrogen and oxygen atoms in total. The van der Waals surface area contributed by atoms with E-state index in [1.54, 1.807) is 18.3 Å². The SMILES string of the molecule is Cc1ccccc1NCCCNC(=O)CCc1cnoc1-c1ccc(F)cc1. The Labute approximate surface area is 163 Å². The van der Waals surface area contributed by atoms with E-state index < -0.39 is 0 Å². The highest BCUT2D eigenvalue weighted by Crippen LogP contribution is 2.24. The molecule has 0 atom stereocenters. The van der Waals surface area contributed by atoms with Gasteiger partial charge in [-0.2, -0.15) is 0 Å². The first kappa shape index (κ1) is 19.6. The normalized spacial score (nSPS) is 10.6. The lowest BCUT2D eigenvalue weighted by Gasteiger charge is -2.09. The Morgan fingerprint density at radius 1 is 1.11 bits per heavy atom. The second-order valence-electron chi connectivity index (χ2n) is 6.63. The Balaban J connectivity index is 1.39. The third kappa shape index (κ3) is 5.42. The van der Waals surface area contributed by atoms with Crippen LogP contribution in [0.15, 0.2) is 59.3 Å². The van der Waals surface area contributed by atoms with E-state index in [9.17, 15) is 9.18 Å². The highest BCUT2D eigenvalue weighted by Gasteiger charge is 2.12. The number of rotatable bonds is 9. The van der Waals surface area contributed by atoms with Crippen LogP contribution in [0.4, 0.5) is 10.1 Å². The molecule has 146 valence electrons. The minimum Gasteiger partial charge on any atom is -0.385 e. The number of anilines is 1. The highest BCUT2D eigenvalue weighted by molar-refractivity contribution is 5.76. The van der Waals surface area contributed by atoms with Crippen molar-refractivity contribution in [2.75, 3.05) is 18.4 Å². The lowest BCUT2D eigenvalue weighted by Crippen LogP contribution is -2.26. The first-order valence-corrected chi connectivity index (χ1v) is 9.39. The molecule has 0 aliphatic rings. The molecule has 2 N–H and O–H groups in total. The summed E-state index contributed by atoms with van der Waals surface area (Å²) in [5.41, 5.74) is 3.91.